The Morgan fingerprint density at radius 3 is 1.84 bits per heavy atom. The van der Waals surface area contributed by atoms with Crippen molar-refractivity contribution in [2.24, 2.45) is 0 Å². The van der Waals surface area contributed by atoms with E-state index < -0.39 is 28.7 Å². The molecule has 1 aliphatic carbocycles. The Balaban J connectivity index is 0.00000255. The van der Waals surface area contributed by atoms with Gasteiger partial charge in [-0.3, -0.25) is 0 Å². The van der Waals surface area contributed by atoms with Gasteiger partial charge in [-0.1, -0.05) is 195 Å². The van der Waals surface area contributed by atoms with Crippen LogP contribution >= 0.6 is 11.3 Å². The normalized spacial score (nSPS) is 14.0. The number of aryl methyl sites for hydroxylation is 3. The van der Waals surface area contributed by atoms with Crippen molar-refractivity contribution in [3.05, 3.63) is 270 Å². The summed E-state index contributed by atoms with van der Waals surface area (Å²) in [5.41, 5.74) is 24.6. The zero-order valence-corrected chi connectivity index (χ0v) is 56.2. The summed E-state index contributed by atoms with van der Waals surface area (Å²) in [7, 11) is 0. The first-order valence-corrected chi connectivity index (χ1v) is 33.4. The molecule has 11 aromatic carbocycles. The Morgan fingerprint density at radius 1 is 0.547 bits per heavy atom. The van der Waals surface area contributed by atoms with E-state index >= 15 is 0 Å². The second-order valence-electron chi connectivity index (χ2n) is 27.1. The molecule has 0 amide bonds. The van der Waals surface area contributed by atoms with Crippen LogP contribution in [0.5, 0.6) is 28.7 Å². The molecule has 0 bridgehead atoms. The molecule has 0 atom stereocenters. The monoisotopic (exact) mass is 1260 g/mol. The smallest absolute Gasteiger partial charge is 0.252 e. The number of hydrogen-bond donors (Lipinski definition) is 5. The first-order valence-electron chi connectivity index (χ1n) is 32.6. The number of anilines is 9. The third-order valence-corrected chi connectivity index (χ3v) is 20.5. The summed E-state index contributed by atoms with van der Waals surface area (Å²) in [5, 5.41) is 59.4. The molecule has 3 heterocycles. The molecule has 0 radical (unpaired) electrons. The van der Waals surface area contributed by atoms with E-state index in [0.717, 1.165) is 117 Å². The molecule has 3 aliphatic rings. The number of nitrogens with zero attached hydrogens (tertiary/aromatic N) is 3. The molecule has 95 heavy (non-hydrogen) atoms. The lowest BCUT2D eigenvalue weighted by atomic mass is 9.33. The molecular weight excluding hydrogens is 1190 g/mol. The van der Waals surface area contributed by atoms with E-state index in [2.05, 4.69) is 255 Å². The van der Waals surface area contributed by atoms with Crippen LogP contribution in [0.1, 0.15) is 93.8 Å². The minimum atomic E-state index is -1.04. The van der Waals surface area contributed by atoms with Crippen LogP contribution < -0.4 is 31.1 Å². The number of para-hydroxylation sites is 1. The Kier molecular flexibility index (Phi) is 15.2. The first-order chi connectivity index (χ1) is 45.6. The van der Waals surface area contributed by atoms with Gasteiger partial charge in [0.15, 0.2) is 11.5 Å². The van der Waals surface area contributed by atoms with Gasteiger partial charge >= 0.3 is 0 Å². The second-order valence-corrected chi connectivity index (χ2v) is 28.2. The molecule has 15 rings (SSSR count). The van der Waals surface area contributed by atoms with E-state index in [-0.39, 0.29) is 23.2 Å². The molecule has 0 fully saturated rings. The zero-order valence-electron chi connectivity index (χ0n) is 55.4. The standard InChI is InChI=1S/C82H68BN3O5S.C3H8/c1-11-59(72-49(5)82(9,10)63-26-17-15-25-61(63)72)54-40-47(3)74(48(4)41-54)86-67-45-58(84(56-22-13-12-14-23-56)75-76(87)78(89)80(91)79(90)77(75)88)34-35-64(67)83-65-44-53(51-20-19-21-55(42-51)81(6,7)8)30-36-66(65)85(68-38-46(2)39-69(86)73(68)83)57-32-28-50(29-33-57)52-31-37-71-62(43-52)60-24-16-18-27-70(60)92-71;1-3-2/h11-45,87-91H,1,5H2,2-4,6-10H3;3H2,1-2H3/b72-59-;. The summed E-state index contributed by atoms with van der Waals surface area (Å²) < 4.78 is 2.54. The quantitative estimate of drug-likeness (QED) is 0.0552. The van der Waals surface area contributed by atoms with Gasteiger partial charge < -0.3 is 40.2 Å². The van der Waals surface area contributed by atoms with Crippen LogP contribution in [0.2, 0.25) is 0 Å². The average Bonchev–Trinajstić information content (AvgIpc) is 1.46. The van der Waals surface area contributed by atoms with Gasteiger partial charge in [-0.05, 0) is 205 Å². The maximum Gasteiger partial charge on any atom is 0.252 e. The van der Waals surface area contributed by atoms with Crippen LogP contribution in [0, 0.1) is 20.8 Å². The molecule has 8 nitrogen and oxygen atoms in total. The van der Waals surface area contributed by atoms with Crippen LogP contribution in [-0.4, -0.2) is 32.2 Å². The molecule has 5 N–H and O–H groups in total. The number of phenolic OH excluding ortho intramolecular Hbond substituents is 5. The van der Waals surface area contributed by atoms with Gasteiger partial charge in [-0.2, -0.15) is 0 Å². The number of thiophene rings is 1. The van der Waals surface area contributed by atoms with Crippen LogP contribution in [-0.2, 0) is 10.8 Å². The van der Waals surface area contributed by atoms with Crippen LogP contribution in [0.3, 0.4) is 0 Å². The predicted molar refractivity (Wildman–Crippen MR) is 402 cm³/mol. The number of phenols is 5. The Hall–Kier alpha value is -10.7. The van der Waals surface area contributed by atoms with Crippen molar-refractivity contribution >= 4 is 117 Å². The average molecular weight is 1260 g/mol. The fraction of sp³-hybridized carbons (Fsp3) is 0.153. The molecule has 0 saturated carbocycles. The van der Waals surface area contributed by atoms with Gasteiger partial charge in [0.2, 0.25) is 17.2 Å². The minimum absolute atomic E-state index is 0.0868. The van der Waals surface area contributed by atoms with Crippen molar-refractivity contribution in [2.75, 3.05) is 14.7 Å². The highest BCUT2D eigenvalue weighted by atomic mass is 32.1. The van der Waals surface area contributed by atoms with Crippen molar-refractivity contribution in [2.45, 2.75) is 86.5 Å². The molecule has 470 valence electrons. The third kappa shape index (κ3) is 10.0. The summed E-state index contributed by atoms with van der Waals surface area (Å²) in [6, 6.07) is 73.3. The molecule has 0 saturated heterocycles. The highest BCUT2D eigenvalue weighted by Crippen LogP contribution is 2.59. The van der Waals surface area contributed by atoms with Gasteiger partial charge in [0.25, 0.3) is 6.71 Å². The van der Waals surface area contributed by atoms with Gasteiger partial charge in [0.1, 0.15) is 5.69 Å². The van der Waals surface area contributed by atoms with Crippen molar-refractivity contribution in [1.82, 2.24) is 0 Å². The maximum atomic E-state index is 11.9. The highest BCUT2D eigenvalue weighted by Gasteiger charge is 2.45. The fourth-order valence-corrected chi connectivity index (χ4v) is 15.8. The van der Waals surface area contributed by atoms with E-state index in [9.17, 15) is 25.5 Å². The lowest BCUT2D eigenvalue weighted by molar-refractivity contribution is 0.329. The van der Waals surface area contributed by atoms with Crippen LogP contribution in [0.4, 0.5) is 51.2 Å². The zero-order chi connectivity index (χ0) is 66.7. The summed E-state index contributed by atoms with van der Waals surface area (Å²) >= 11 is 1.82. The fourth-order valence-electron chi connectivity index (χ4n) is 14.7. The van der Waals surface area contributed by atoms with E-state index in [4.69, 9.17) is 6.58 Å². The van der Waals surface area contributed by atoms with Crippen molar-refractivity contribution in [3.63, 3.8) is 0 Å². The summed E-state index contributed by atoms with van der Waals surface area (Å²) in [6.45, 7) is 30.8. The Labute approximate surface area is 561 Å². The van der Waals surface area contributed by atoms with Crippen LogP contribution in [0.25, 0.3) is 53.6 Å². The lowest BCUT2D eigenvalue weighted by Gasteiger charge is -2.45. The number of hydrogen-bond acceptors (Lipinski definition) is 9. The third-order valence-electron chi connectivity index (χ3n) is 19.4. The van der Waals surface area contributed by atoms with Gasteiger partial charge in [0.05, 0.1) is 5.69 Å². The maximum absolute atomic E-state index is 11.9. The molecular formula is C85H76BN3O5S. The molecule has 2 aliphatic heterocycles. The van der Waals surface area contributed by atoms with E-state index in [1.165, 1.54) is 37.7 Å². The van der Waals surface area contributed by atoms with Gasteiger partial charge in [0, 0.05) is 65.4 Å². The number of allylic oxidation sites excluding steroid dienone is 4. The van der Waals surface area contributed by atoms with Gasteiger partial charge in [-0.25, -0.2) is 0 Å². The lowest BCUT2D eigenvalue weighted by Crippen LogP contribution is -2.61. The highest BCUT2D eigenvalue weighted by molar-refractivity contribution is 7.25. The Morgan fingerprint density at radius 2 is 1.15 bits per heavy atom. The second kappa shape index (κ2) is 23.4. The van der Waals surface area contributed by atoms with Crippen molar-refractivity contribution in [1.29, 1.82) is 0 Å². The predicted octanol–water partition coefficient (Wildman–Crippen LogP) is 21.1. The Bertz CT molecular complexity index is 5140. The minimum Gasteiger partial charge on any atom is -0.503 e. The molecule has 12 aromatic rings. The summed E-state index contributed by atoms with van der Waals surface area (Å²) in [5.74, 6) is -4.63. The number of fused-ring (bicyclic) bond motifs is 8. The van der Waals surface area contributed by atoms with E-state index in [0.29, 0.717) is 11.4 Å². The summed E-state index contributed by atoms with van der Waals surface area (Å²) in [6.07, 6.45) is 3.22. The van der Waals surface area contributed by atoms with E-state index in [1.54, 1.807) is 4.90 Å². The van der Waals surface area contributed by atoms with Gasteiger partial charge in [-0.15, -0.1) is 11.3 Å². The van der Waals surface area contributed by atoms with Crippen molar-refractivity contribution in [3.8, 4) is 51.0 Å². The molecule has 0 unspecified atom stereocenters. The first kappa shape index (κ1) is 61.8. The van der Waals surface area contributed by atoms with Crippen molar-refractivity contribution < 1.29 is 25.5 Å². The number of rotatable bonds is 9. The number of aromatic hydroxyl groups is 5. The van der Waals surface area contributed by atoms with E-state index in [1.807, 2.05) is 53.8 Å². The molecule has 1 aromatic heterocycles. The summed E-state index contributed by atoms with van der Waals surface area (Å²) in [4.78, 5) is 6.42. The number of benzene rings is 11. The van der Waals surface area contributed by atoms with Crippen LogP contribution in [0.15, 0.2) is 231 Å². The molecule has 0 spiro atoms. The largest absolute Gasteiger partial charge is 0.503 e. The molecule has 10 heteroatoms. The SMILES string of the molecule is C=C/C(=C1\C(=C)C(C)(C)c2ccccc21)c1cc(C)c(N2c3cc(N(c4ccccc4)c4c(O)c(O)c(O)c(O)c4O)ccc3B3c4cc(-c5cccc(C(C)(C)C)c5)ccc4N(c4ccc(-c5ccc6sc7ccccc7c6c5)cc4)c4cc(C)cc2c43)c(C)c1.CCC. The topological polar surface area (TPSA) is 111 Å².